The molecule has 5 nitrogen and oxygen atoms in total. The van der Waals surface area contributed by atoms with Gasteiger partial charge in [-0.1, -0.05) is 12.1 Å². The lowest BCUT2D eigenvalue weighted by Crippen LogP contribution is -2.18. The van der Waals surface area contributed by atoms with E-state index in [0.717, 1.165) is 5.52 Å². The third-order valence-electron chi connectivity index (χ3n) is 1.76. The van der Waals surface area contributed by atoms with Crippen molar-refractivity contribution in [2.45, 2.75) is 0 Å². The zero-order chi connectivity index (χ0) is 10.2. The van der Waals surface area contributed by atoms with Gasteiger partial charge in [0.05, 0.1) is 0 Å². The summed E-state index contributed by atoms with van der Waals surface area (Å²) >= 11 is 0. The van der Waals surface area contributed by atoms with E-state index in [0.29, 0.717) is 5.39 Å². The van der Waals surface area contributed by atoms with Crippen LogP contribution in [-0.2, 0) is 4.57 Å². The van der Waals surface area contributed by atoms with Crippen molar-refractivity contribution >= 4 is 18.7 Å². The van der Waals surface area contributed by atoms with Gasteiger partial charge in [0.25, 0.3) is 0 Å². The number of phosphoric acid groups is 1. The second kappa shape index (κ2) is 3.13. The van der Waals surface area contributed by atoms with Crippen molar-refractivity contribution in [2.75, 3.05) is 0 Å². The molecule has 1 aromatic heterocycles. The zero-order valence-corrected chi connectivity index (χ0v) is 7.86. The molecule has 0 saturated carbocycles. The summed E-state index contributed by atoms with van der Waals surface area (Å²) in [4.78, 5) is 23.5. The molecule has 0 fully saturated rings. The molecular weight excluding hydrogens is 205 g/mol. The zero-order valence-electron chi connectivity index (χ0n) is 6.97. The lowest BCUT2D eigenvalue weighted by atomic mass is 10.2. The molecule has 1 N–H and O–H groups in total. The minimum atomic E-state index is -4.98. The number of benzene rings is 1. The molecule has 0 amide bonds. The van der Waals surface area contributed by atoms with E-state index >= 15 is 0 Å². The van der Waals surface area contributed by atoms with Crippen LogP contribution in [0.15, 0.2) is 30.5 Å². The van der Waals surface area contributed by atoms with Gasteiger partial charge in [0.1, 0.15) is 13.6 Å². The second-order valence-corrected chi connectivity index (χ2v) is 3.81. The molecule has 74 valence electrons. The van der Waals surface area contributed by atoms with Gasteiger partial charge in [-0.2, -0.15) is 0 Å². The van der Waals surface area contributed by atoms with E-state index in [2.05, 4.69) is 9.51 Å². The van der Waals surface area contributed by atoms with Gasteiger partial charge in [-0.05, 0) is 12.1 Å². The predicted octanol–water partition coefficient (Wildman–Crippen LogP) is 0.375. The van der Waals surface area contributed by atoms with Gasteiger partial charge in [0.2, 0.25) is 0 Å². The fourth-order valence-corrected chi connectivity index (χ4v) is 1.63. The van der Waals surface area contributed by atoms with Gasteiger partial charge >= 0.3 is 0 Å². The Balaban J connectivity index is 2.49. The van der Waals surface area contributed by atoms with Crippen LogP contribution < -0.4 is 14.3 Å². The maximum Gasteiger partial charge on any atom is 0.149 e. The topological polar surface area (TPSA) is 88.2 Å². The van der Waals surface area contributed by atoms with E-state index < -0.39 is 7.82 Å². The van der Waals surface area contributed by atoms with Crippen LogP contribution in [0.2, 0.25) is 0 Å². The average molecular weight is 211 g/mol. The number of hydrogen-bond donors (Lipinski definition) is 1. The van der Waals surface area contributed by atoms with Crippen molar-refractivity contribution in [3.63, 3.8) is 0 Å². The van der Waals surface area contributed by atoms with Crippen LogP contribution in [0, 0.1) is 0 Å². The van der Waals surface area contributed by atoms with Crippen LogP contribution in [0.4, 0.5) is 0 Å². The minimum absolute atomic E-state index is 0.0360. The molecule has 0 spiro atoms. The maximum absolute atomic E-state index is 10.4. The Kier molecular flexibility index (Phi) is 2.07. The van der Waals surface area contributed by atoms with E-state index in [1.807, 2.05) is 0 Å². The second-order valence-electron chi connectivity index (χ2n) is 2.74. The highest BCUT2D eigenvalue weighted by molar-refractivity contribution is 7.43. The van der Waals surface area contributed by atoms with Crippen molar-refractivity contribution in [3.05, 3.63) is 30.5 Å². The molecular formula is C8H6NO4P-2. The van der Waals surface area contributed by atoms with Crippen molar-refractivity contribution in [2.24, 2.45) is 0 Å². The lowest BCUT2D eigenvalue weighted by Gasteiger charge is -2.28. The Morgan fingerprint density at radius 1 is 1.29 bits per heavy atom. The molecule has 0 radical (unpaired) electrons. The van der Waals surface area contributed by atoms with Crippen LogP contribution in [-0.4, -0.2) is 4.98 Å². The first-order valence-corrected chi connectivity index (χ1v) is 5.30. The minimum Gasteiger partial charge on any atom is -0.780 e. The first kappa shape index (κ1) is 9.27. The summed E-state index contributed by atoms with van der Waals surface area (Å²) in [6, 6.07) is 6.93. The van der Waals surface area contributed by atoms with Crippen LogP contribution in [0.3, 0.4) is 0 Å². The fourth-order valence-electron chi connectivity index (χ4n) is 1.24. The molecule has 0 bridgehead atoms. The number of hydrogen-bond acceptors (Lipinski definition) is 4. The van der Waals surface area contributed by atoms with Crippen LogP contribution in [0.5, 0.6) is 5.75 Å². The summed E-state index contributed by atoms with van der Waals surface area (Å²) in [5.74, 6) is 0.0360. The molecule has 0 saturated heterocycles. The number of rotatable bonds is 2. The van der Waals surface area contributed by atoms with Gasteiger partial charge in [-0.15, -0.1) is 0 Å². The summed E-state index contributed by atoms with van der Waals surface area (Å²) in [6.07, 6.45) is 1.34. The Morgan fingerprint density at radius 3 is 2.71 bits per heavy atom. The van der Waals surface area contributed by atoms with E-state index in [1.165, 1.54) is 6.20 Å². The maximum atomic E-state index is 10.4. The number of para-hydroxylation sites is 1. The third kappa shape index (κ3) is 1.80. The largest absolute Gasteiger partial charge is 0.780 e. The summed E-state index contributed by atoms with van der Waals surface area (Å²) < 4.78 is 14.6. The van der Waals surface area contributed by atoms with Gasteiger partial charge in [0.15, 0.2) is 0 Å². The van der Waals surface area contributed by atoms with Crippen LogP contribution in [0.1, 0.15) is 0 Å². The van der Waals surface area contributed by atoms with E-state index in [-0.39, 0.29) is 5.75 Å². The number of aromatic nitrogens is 1. The third-order valence-corrected chi connectivity index (χ3v) is 2.18. The molecule has 0 aliphatic heterocycles. The van der Waals surface area contributed by atoms with E-state index in [4.69, 9.17) is 0 Å². The van der Waals surface area contributed by atoms with Gasteiger partial charge in [-0.3, -0.25) is 0 Å². The average Bonchev–Trinajstić information content (AvgIpc) is 2.47. The van der Waals surface area contributed by atoms with Crippen molar-refractivity contribution in [1.29, 1.82) is 0 Å². The fraction of sp³-hybridized carbons (Fsp3) is 0. The molecule has 0 aliphatic carbocycles. The molecule has 2 rings (SSSR count). The number of aromatic amines is 1. The SMILES string of the molecule is O=P([O-])([O-])Oc1c[nH]c2ccccc12. The molecule has 6 heteroatoms. The first-order valence-electron chi connectivity index (χ1n) is 3.84. The molecule has 0 aliphatic rings. The lowest BCUT2D eigenvalue weighted by molar-refractivity contribution is -0.333. The monoisotopic (exact) mass is 211 g/mol. The van der Waals surface area contributed by atoms with E-state index in [9.17, 15) is 14.4 Å². The highest BCUT2D eigenvalue weighted by atomic mass is 31.2. The molecule has 0 atom stereocenters. The normalized spacial score (nSPS) is 11.9. The van der Waals surface area contributed by atoms with E-state index in [1.54, 1.807) is 24.3 Å². The highest BCUT2D eigenvalue weighted by Gasteiger charge is 2.04. The Bertz CT molecular complexity index is 501. The highest BCUT2D eigenvalue weighted by Crippen LogP contribution is 2.34. The first-order chi connectivity index (χ1) is 6.56. The van der Waals surface area contributed by atoms with Crippen molar-refractivity contribution < 1.29 is 18.9 Å². The smallest absolute Gasteiger partial charge is 0.149 e. The van der Waals surface area contributed by atoms with Crippen LogP contribution >= 0.6 is 7.82 Å². The molecule has 1 aromatic carbocycles. The summed E-state index contributed by atoms with van der Waals surface area (Å²) in [6.45, 7) is 0. The van der Waals surface area contributed by atoms with Crippen molar-refractivity contribution in [1.82, 2.24) is 4.98 Å². The summed E-state index contributed by atoms with van der Waals surface area (Å²) in [7, 11) is -4.98. The van der Waals surface area contributed by atoms with Crippen LogP contribution in [0.25, 0.3) is 10.9 Å². The molecule has 14 heavy (non-hydrogen) atoms. The summed E-state index contributed by atoms with van der Waals surface area (Å²) in [5.41, 5.74) is 0.718. The Morgan fingerprint density at radius 2 is 2.00 bits per heavy atom. The van der Waals surface area contributed by atoms with Gasteiger partial charge in [0, 0.05) is 17.1 Å². The quantitative estimate of drug-likeness (QED) is 0.727. The molecule has 1 heterocycles. The number of phosphoric ester groups is 1. The predicted molar refractivity (Wildman–Crippen MR) is 46.5 cm³/mol. The standard InChI is InChI=1S/C8H8NO4P/c10-14(11,12)13-8-5-9-7-4-2-1-3-6(7)8/h1-5,9H,(H2,10,11,12)/p-2. The summed E-state index contributed by atoms with van der Waals surface area (Å²) in [5, 5.41) is 0.569. The number of nitrogens with one attached hydrogen (secondary N) is 1. The molecule has 0 unspecified atom stereocenters. The Hall–Kier alpha value is -1.29. The van der Waals surface area contributed by atoms with Crippen molar-refractivity contribution in [3.8, 4) is 5.75 Å². The number of fused-ring (bicyclic) bond motifs is 1. The number of H-pyrrole nitrogens is 1. The Labute approximate surface area is 79.6 Å². The van der Waals surface area contributed by atoms with Gasteiger partial charge < -0.3 is 23.9 Å². The molecule has 2 aromatic rings. The van der Waals surface area contributed by atoms with Gasteiger partial charge in [-0.25, -0.2) is 0 Å².